The molecule has 342 valence electrons. The van der Waals surface area contributed by atoms with Crippen molar-refractivity contribution in [1.82, 2.24) is 5.32 Å². The van der Waals surface area contributed by atoms with Crippen LogP contribution in [0.5, 0.6) is 0 Å². The predicted octanol–water partition coefficient (Wildman–Crippen LogP) is -2.86. The molecule has 4 saturated carbocycles. The Kier molecular flexibility index (Phi) is 13.2. The number of carbonyl (C=O) groups is 2. The van der Waals surface area contributed by atoms with Gasteiger partial charge >= 0.3 is 5.97 Å². The van der Waals surface area contributed by atoms with Crippen LogP contribution < -0.4 is 5.32 Å². The first-order valence-corrected chi connectivity index (χ1v) is 21.0. The van der Waals surface area contributed by atoms with Crippen molar-refractivity contribution in [3.05, 3.63) is 12.2 Å². The maximum atomic E-state index is 14.7. The first-order valence-electron chi connectivity index (χ1n) is 21.0. The second-order valence-electron chi connectivity index (χ2n) is 18.8. The van der Waals surface area contributed by atoms with E-state index in [1.54, 1.807) is 0 Å². The van der Waals surface area contributed by atoms with Gasteiger partial charge in [-0.2, -0.15) is 0 Å². The average molecular weight is 862 g/mol. The van der Waals surface area contributed by atoms with Crippen LogP contribution in [0.4, 0.5) is 0 Å². The van der Waals surface area contributed by atoms with Crippen LogP contribution in [-0.2, 0) is 43.0 Å². The number of fused-ring (bicyclic) bond motifs is 3. The lowest BCUT2D eigenvalue weighted by molar-refractivity contribution is -0.456. The number of hydrogen-bond donors (Lipinski definition) is 11. The highest BCUT2D eigenvalue weighted by Gasteiger charge is 2.69. The zero-order chi connectivity index (χ0) is 43.7. The van der Waals surface area contributed by atoms with Crippen LogP contribution in [0.2, 0.25) is 0 Å². The Morgan fingerprint density at radius 3 is 1.95 bits per heavy atom. The monoisotopic (exact) mass is 861 g/mol. The lowest BCUT2D eigenvalue weighted by Gasteiger charge is -2.64. The Morgan fingerprint density at radius 2 is 1.32 bits per heavy atom. The van der Waals surface area contributed by atoms with E-state index in [9.17, 15) is 60.7 Å². The Labute approximate surface area is 347 Å². The van der Waals surface area contributed by atoms with Gasteiger partial charge in [0.25, 0.3) is 0 Å². The third kappa shape index (κ3) is 7.64. The van der Waals surface area contributed by atoms with Crippen molar-refractivity contribution in [3.8, 4) is 0 Å². The zero-order valence-electron chi connectivity index (χ0n) is 34.2. The number of nitrogens with one attached hydrogen (secondary N) is 1. The first kappa shape index (κ1) is 46.0. The molecule has 3 heterocycles. The van der Waals surface area contributed by atoms with Gasteiger partial charge in [-0.3, -0.25) is 9.59 Å². The van der Waals surface area contributed by atoms with E-state index in [0.717, 1.165) is 18.9 Å². The number of ether oxygens (including phenoxy) is 5. The van der Waals surface area contributed by atoms with Gasteiger partial charge in [-0.1, -0.05) is 19.9 Å². The lowest BCUT2D eigenvalue weighted by Crippen LogP contribution is -2.68. The van der Waals surface area contributed by atoms with Gasteiger partial charge in [0.15, 0.2) is 12.4 Å². The minimum atomic E-state index is -1.84. The molecular formula is C40H63NO19. The predicted molar refractivity (Wildman–Crippen MR) is 199 cm³/mol. The largest absolute Gasteiger partial charge is 0.432 e. The molecule has 0 aromatic carbocycles. The summed E-state index contributed by atoms with van der Waals surface area (Å²) in [5.41, 5.74) is -1.83. The van der Waals surface area contributed by atoms with Crippen LogP contribution in [-0.4, -0.2) is 180 Å². The second-order valence-corrected chi connectivity index (χ2v) is 18.8. The molecule has 0 radical (unpaired) electrons. The highest BCUT2D eigenvalue weighted by atomic mass is 17.2. The van der Waals surface area contributed by atoms with Crippen LogP contribution in [0.1, 0.15) is 78.6 Å². The third-order valence-corrected chi connectivity index (χ3v) is 15.3. The van der Waals surface area contributed by atoms with Gasteiger partial charge in [0.05, 0.1) is 25.2 Å². The zero-order valence-corrected chi connectivity index (χ0v) is 34.2. The highest BCUT2D eigenvalue weighted by Crippen LogP contribution is 2.73. The van der Waals surface area contributed by atoms with Crippen molar-refractivity contribution in [2.24, 2.45) is 28.1 Å². The summed E-state index contributed by atoms with van der Waals surface area (Å²) >= 11 is 0. The Bertz CT molecular complexity index is 1590. The van der Waals surface area contributed by atoms with E-state index in [2.05, 4.69) is 18.8 Å². The fourth-order valence-electron chi connectivity index (χ4n) is 12.3. The van der Waals surface area contributed by atoms with Gasteiger partial charge < -0.3 is 80.1 Å². The van der Waals surface area contributed by atoms with E-state index >= 15 is 0 Å². The van der Waals surface area contributed by atoms with Crippen molar-refractivity contribution in [3.63, 3.8) is 0 Å². The maximum absolute atomic E-state index is 14.7. The first-order chi connectivity index (χ1) is 28.3. The van der Waals surface area contributed by atoms with E-state index in [1.165, 1.54) is 0 Å². The summed E-state index contributed by atoms with van der Waals surface area (Å²) in [4.78, 5) is 38.5. The molecule has 20 nitrogen and oxygen atoms in total. The van der Waals surface area contributed by atoms with E-state index in [-0.39, 0.29) is 22.7 Å². The summed E-state index contributed by atoms with van der Waals surface area (Å²) in [6.07, 6.45) is -16.5. The van der Waals surface area contributed by atoms with Crippen molar-refractivity contribution in [2.45, 2.75) is 176 Å². The molecule has 7 fully saturated rings. The molecule has 21 atom stereocenters. The van der Waals surface area contributed by atoms with E-state index < -0.39 is 135 Å². The number of esters is 1. The summed E-state index contributed by atoms with van der Waals surface area (Å²) in [6.45, 7) is 7.48. The van der Waals surface area contributed by atoms with Crippen LogP contribution in [0.25, 0.3) is 0 Å². The number of amides is 1. The molecule has 0 aromatic rings. The normalized spacial score (nSPS) is 51.6. The minimum absolute atomic E-state index is 0.118. The number of aliphatic hydroxyl groups is 10. The minimum Gasteiger partial charge on any atom is -0.432 e. The highest BCUT2D eigenvalue weighted by molar-refractivity contribution is 5.77. The van der Waals surface area contributed by atoms with Crippen LogP contribution in [0.15, 0.2) is 12.2 Å². The standard InChI is InChI=1S/C40H63NO19/c1-17-12-39-10-6-22-37(3,23(39)7-11-40(17,16-39)60-59-34-31(52)29(50)26(47)20(14-43)55-34)8-5-9-38(22,4)36(53)58-35-32(30(51)27(48)21(15-44)56-35)57-33-24(41-18(2)45)28(49)25(46)19(13-42)54-33/h19-35,42-44,46-52H,1,5-16H2,2-4H3,(H,41,45)/t19?,20?,21?,22?,23?,24?,25?,26?,27?,28?,29?,30?,31?,32?,33?,34?,35?,37?,38-,39-,40+/m1/s1. The molecule has 2 bridgehead atoms. The van der Waals surface area contributed by atoms with Gasteiger partial charge in [0.2, 0.25) is 18.5 Å². The molecule has 11 N–H and O–H groups in total. The number of carbonyl (C=O) groups excluding carboxylic acids is 2. The van der Waals surface area contributed by atoms with Gasteiger partial charge in [-0.15, -0.1) is 0 Å². The fourth-order valence-corrected chi connectivity index (χ4v) is 12.3. The Morgan fingerprint density at radius 1 is 0.733 bits per heavy atom. The molecule has 4 aliphatic carbocycles. The van der Waals surface area contributed by atoms with Crippen LogP contribution in [0, 0.1) is 28.1 Å². The molecule has 60 heavy (non-hydrogen) atoms. The Balaban J connectivity index is 1.09. The summed E-state index contributed by atoms with van der Waals surface area (Å²) in [6, 6.07) is -1.42. The summed E-state index contributed by atoms with van der Waals surface area (Å²) in [7, 11) is 0. The van der Waals surface area contributed by atoms with Gasteiger partial charge in [-0.05, 0) is 86.5 Å². The molecule has 1 spiro atoms. The van der Waals surface area contributed by atoms with Crippen LogP contribution in [0.3, 0.4) is 0 Å². The number of rotatable bonds is 11. The van der Waals surface area contributed by atoms with Crippen LogP contribution >= 0.6 is 0 Å². The van der Waals surface area contributed by atoms with Gasteiger partial charge in [0.1, 0.15) is 72.7 Å². The van der Waals surface area contributed by atoms with Gasteiger partial charge in [-0.25, -0.2) is 9.78 Å². The maximum Gasteiger partial charge on any atom is 0.314 e. The smallest absolute Gasteiger partial charge is 0.314 e. The number of aliphatic hydroxyl groups excluding tert-OH is 10. The molecule has 7 rings (SSSR count). The quantitative estimate of drug-likeness (QED) is 0.0431. The molecule has 1 amide bonds. The summed E-state index contributed by atoms with van der Waals surface area (Å²) in [5.74, 6) is -1.35. The third-order valence-electron chi connectivity index (χ3n) is 15.3. The van der Waals surface area contributed by atoms with Crippen molar-refractivity contribution in [2.75, 3.05) is 19.8 Å². The fraction of sp³-hybridized carbons (Fsp3) is 0.900. The van der Waals surface area contributed by atoms with Crippen molar-refractivity contribution < 1.29 is 94.1 Å². The van der Waals surface area contributed by atoms with E-state index in [0.29, 0.717) is 51.4 Å². The summed E-state index contributed by atoms with van der Waals surface area (Å²) < 4.78 is 29.2. The number of hydrogen-bond acceptors (Lipinski definition) is 19. The molecule has 20 heteroatoms. The van der Waals surface area contributed by atoms with Gasteiger partial charge in [0, 0.05) is 6.92 Å². The van der Waals surface area contributed by atoms with E-state index in [4.69, 9.17) is 33.5 Å². The molecule has 7 aliphatic rings. The molecular weight excluding hydrogens is 798 g/mol. The van der Waals surface area contributed by atoms with Crippen molar-refractivity contribution >= 4 is 11.9 Å². The lowest BCUT2D eigenvalue weighted by atomic mass is 9.41. The summed E-state index contributed by atoms with van der Waals surface area (Å²) in [5, 5.41) is 107. The molecule has 18 unspecified atom stereocenters. The molecule has 3 aliphatic heterocycles. The average Bonchev–Trinajstić information content (AvgIpc) is 3.41. The SMILES string of the molecule is C=C1C[C@@]23CCC4C(C)(CCC[C@@]4(C)C(=O)OC4OC(CO)C(O)C(O)C4OC4OC(CO)C(O)C(O)C4NC(C)=O)C2CC[C@]1(OOC1OC(CO)C(O)C(O)C1O)C3. The van der Waals surface area contributed by atoms with E-state index in [1.807, 2.05) is 6.92 Å². The van der Waals surface area contributed by atoms with Crippen molar-refractivity contribution in [1.29, 1.82) is 0 Å². The second kappa shape index (κ2) is 17.2. The molecule has 3 saturated heterocycles. The topological polar surface area (TPSA) is 313 Å². The molecule has 0 aromatic heterocycles. The Hall–Kier alpha value is -1.96.